The first-order chi connectivity index (χ1) is 8.20. The third-order valence-corrected chi connectivity index (χ3v) is 3.26. The van der Waals surface area contributed by atoms with Gasteiger partial charge in [-0.05, 0) is 43.3 Å². The highest BCUT2D eigenvalue weighted by molar-refractivity contribution is 9.10. The smallest absolute Gasteiger partial charge is 0.135 e. The van der Waals surface area contributed by atoms with Gasteiger partial charge in [0.25, 0.3) is 0 Å². The van der Waals surface area contributed by atoms with Crippen LogP contribution in [0.1, 0.15) is 18.2 Å². The molecule has 0 unspecified atom stereocenters. The molecular weight excluding hydrogens is 278 g/mol. The van der Waals surface area contributed by atoms with Crippen molar-refractivity contribution in [2.75, 3.05) is 6.54 Å². The van der Waals surface area contributed by atoms with Crippen molar-refractivity contribution in [2.45, 2.75) is 20.4 Å². The molecule has 2 rings (SSSR count). The molecule has 0 saturated carbocycles. The van der Waals surface area contributed by atoms with Crippen LogP contribution in [0.15, 0.2) is 39.2 Å². The van der Waals surface area contributed by atoms with E-state index in [4.69, 9.17) is 4.42 Å². The maximum atomic E-state index is 5.80. The maximum absolute atomic E-state index is 5.80. The number of rotatable bonds is 4. The van der Waals surface area contributed by atoms with Crippen molar-refractivity contribution in [3.05, 3.63) is 46.1 Å². The van der Waals surface area contributed by atoms with E-state index in [1.54, 1.807) is 0 Å². The van der Waals surface area contributed by atoms with Crippen molar-refractivity contribution in [1.29, 1.82) is 0 Å². The van der Waals surface area contributed by atoms with E-state index in [1.165, 1.54) is 5.56 Å². The minimum Gasteiger partial charge on any atom is -0.460 e. The zero-order valence-electron chi connectivity index (χ0n) is 10.1. The number of hydrogen-bond donors (Lipinski definition) is 1. The number of hydrogen-bond acceptors (Lipinski definition) is 2. The van der Waals surface area contributed by atoms with Gasteiger partial charge in [0.2, 0.25) is 0 Å². The molecular formula is C14H16BrNO. The van der Waals surface area contributed by atoms with Crippen LogP contribution < -0.4 is 5.32 Å². The van der Waals surface area contributed by atoms with Gasteiger partial charge in [-0.3, -0.25) is 0 Å². The van der Waals surface area contributed by atoms with E-state index < -0.39 is 0 Å². The number of benzene rings is 1. The second-order valence-corrected chi connectivity index (χ2v) is 4.88. The molecule has 3 heteroatoms. The Hall–Kier alpha value is -1.06. The normalized spacial score (nSPS) is 10.8. The van der Waals surface area contributed by atoms with Gasteiger partial charge in [-0.25, -0.2) is 0 Å². The average molecular weight is 294 g/mol. The molecule has 0 radical (unpaired) electrons. The molecule has 1 N–H and O–H groups in total. The minimum atomic E-state index is 0.778. The van der Waals surface area contributed by atoms with Crippen LogP contribution in [0.25, 0.3) is 11.3 Å². The van der Waals surface area contributed by atoms with E-state index in [2.05, 4.69) is 53.3 Å². The number of nitrogens with one attached hydrogen (secondary N) is 1. The van der Waals surface area contributed by atoms with Gasteiger partial charge in [-0.2, -0.15) is 0 Å². The summed E-state index contributed by atoms with van der Waals surface area (Å²) in [5, 5.41) is 3.25. The largest absolute Gasteiger partial charge is 0.460 e. The summed E-state index contributed by atoms with van der Waals surface area (Å²) in [5.74, 6) is 1.87. The zero-order valence-corrected chi connectivity index (χ0v) is 11.7. The molecule has 0 bridgehead atoms. The average Bonchev–Trinajstić information content (AvgIpc) is 2.75. The van der Waals surface area contributed by atoms with Crippen molar-refractivity contribution >= 4 is 15.9 Å². The van der Waals surface area contributed by atoms with E-state index in [0.29, 0.717) is 0 Å². The van der Waals surface area contributed by atoms with Crippen molar-refractivity contribution in [3.63, 3.8) is 0 Å². The quantitative estimate of drug-likeness (QED) is 0.917. The van der Waals surface area contributed by atoms with Gasteiger partial charge in [-0.15, -0.1) is 0 Å². The molecule has 0 aliphatic rings. The molecule has 0 aliphatic heterocycles. The Labute approximate surface area is 110 Å². The lowest BCUT2D eigenvalue weighted by Crippen LogP contribution is -2.10. The van der Waals surface area contributed by atoms with E-state index in [0.717, 1.165) is 34.6 Å². The molecule has 0 atom stereocenters. The Bertz CT molecular complexity index is 505. The standard InChI is InChI=1S/C14H16BrNO/c1-3-16-9-11-5-7-14(17-11)12-6-4-10(2)8-13(12)15/h4-8,16H,3,9H2,1-2H3. The van der Waals surface area contributed by atoms with Gasteiger partial charge in [0.15, 0.2) is 0 Å². The summed E-state index contributed by atoms with van der Waals surface area (Å²) in [6.45, 7) is 5.89. The van der Waals surface area contributed by atoms with Gasteiger partial charge in [-0.1, -0.05) is 28.9 Å². The first-order valence-electron chi connectivity index (χ1n) is 5.76. The monoisotopic (exact) mass is 293 g/mol. The van der Waals surface area contributed by atoms with Crippen molar-refractivity contribution in [1.82, 2.24) is 5.32 Å². The Morgan fingerprint density at radius 3 is 2.76 bits per heavy atom. The Kier molecular flexibility index (Phi) is 4.02. The summed E-state index contributed by atoms with van der Waals surface area (Å²) in [6, 6.07) is 10.3. The third kappa shape index (κ3) is 2.99. The van der Waals surface area contributed by atoms with Crippen LogP contribution in [0.3, 0.4) is 0 Å². The molecule has 2 nitrogen and oxygen atoms in total. The molecule has 1 heterocycles. The highest BCUT2D eigenvalue weighted by Gasteiger charge is 2.08. The summed E-state index contributed by atoms with van der Waals surface area (Å²) in [5.41, 5.74) is 2.33. The molecule has 2 aromatic rings. The number of halogens is 1. The van der Waals surface area contributed by atoms with E-state index in [1.807, 2.05) is 12.1 Å². The highest BCUT2D eigenvalue weighted by atomic mass is 79.9. The van der Waals surface area contributed by atoms with Crippen LogP contribution in [0.4, 0.5) is 0 Å². The first-order valence-corrected chi connectivity index (χ1v) is 6.56. The van der Waals surface area contributed by atoms with Gasteiger partial charge >= 0.3 is 0 Å². The predicted octanol–water partition coefficient (Wildman–Crippen LogP) is 4.13. The molecule has 0 saturated heterocycles. The summed E-state index contributed by atoms with van der Waals surface area (Å²) < 4.78 is 6.87. The van der Waals surface area contributed by atoms with Crippen molar-refractivity contribution in [3.8, 4) is 11.3 Å². The molecule has 0 aliphatic carbocycles. The fourth-order valence-electron chi connectivity index (χ4n) is 1.69. The Balaban J connectivity index is 2.24. The topological polar surface area (TPSA) is 25.2 Å². The maximum Gasteiger partial charge on any atom is 0.135 e. The summed E-state index contributed by atoms with van der Waals surface area (Å²) >= 11 is 3.57. The van der Waals surface area contributed by atoms with Crippen LogP contribution in [0.2, 0.25) is 0 Å². The van der Waals surface area contributed by atoms with Crippen LogP contribution in [0.5, 0.6) is 0 Å². The lowest BCUT2D eigenvalue weighted by Gasteiger charge is -2.02. The van der Waals surface area contributed by atoms with Crippen LogP contribution in [-0.4, -0.2) is 6.54 Å². The van der Waals surface area contributed by atoms with Crippen LogP contribution >= 0.6 is 15.9 Å². The molecule has 90 valence electrons. The second-order valence-electron chi connectivity index (χ2n) is 4.03. The van der Waals surface area contributed by atoms with E-state index >= 15 is 0 Å². The summed E-state index contributed by atoms with van der Waals surface area (Å²) in [4.78, 5) is 0. The molecule has 1 aromatic carbocycles. The molecule has 1 aromatic heterocycles. The van der Waals surface area contributed by atoms with Crippen molar-refractivity contribution in [2.24, 2.45) is 0 Å². The highest BCUT2D eigenvalue weighted by Crippen LogP contribution is 2.30. The van der Waals surface area contributed by atoms with Gasteiger partial charge in [0, 0.05) is 10.0 Å². The number of furan rings is 1. The third-order valence-electron chi connectivity index (χ3n) is 2.60. The predicted molar refractivity (Wildman–Crippen MR) is 74.0 cm³/mol. The van der Waals surface area contributed by atoms with Crippen LogP contribution in [-0.2, 0) is 6.54 Å². The summed E-state index contributed by atoms with van der Waals surface area (Å²) in [7, 11) is 0. The van der Waals surface area contributed by atoms with E-state index in [9.17, 15) is 0 Å². The van der Waals surface area contributed by atoms with Gasteiger partial charge < -0.3 is 9.73 Å². The number of aryl methyl sites for hydroxylation is 1. The first kappa shape index (κ1) is 12.4. The van der Waals surface area contributed by atoms with Crippen LogP contribution in [0, 0.1) is 6.92 Å². The van der Waals surface area contributed by atoms with Gasteiger partial charge in [0.1, 0.15) is 11.5 Å². The lowest BCUT2D eigenvalue weighted by molar-refractivity contribution is 0.498. The lowest BCUT2D eigenvalue weighted by atomic mass is 10.1. The second kappa shape index (κ2) is 5.52. The fraction of sp³-hybridized carbons (Fsp3) is 0.286. The summed E-state index contributed by atoms with van der Waals surface area (Å²) in [6.07, 6.45) is 0. The minimum absolute atomic E-state index is 0.778. The molecule has 0 fully saturated rings. The fourth-order valence-corrected chi connectivity index (χ4v) is 2.37. The van der Waals surface area contributed by atoms with Crippen molar-refractivity contribution < 1.29 is 4.42 Å². The van der Waals surface area contributed by atoms with Gasteiger partial charge in [0.05, 0.1) is 6.54 Å². The SMILES string of the molecule is CCNCc1ccc(-c2ccc(C)cc2Br)o1. The Morgan fingerprint density at radius 1 is 1.24 bits per heavy atom. The zero-order chi connectivity index (χ0) is 12.3. The molecule has 17 heavy (non-hydrogen) atoms. The molecule has 0 amide bonds. The molecule has 0 spiro atoms. The Morgan fingerprint density at radius 2 is 2.06 bits per heavy atom. The van der Waals surface area contributed by atoms with E-state index in [-0.39, 0.29) is 0 Å².